The molecule has 1 aliphatic rings. The maximum atomic E-state index is 12.4. The summed E-state index contributed by atoms with van der Waals surface area (Å²) in [7, 11) is 0. The van der Waals surface area contributed by atoms with Gasteiger partial charge in [0.05, 0.1) is 11.0 Å². The zero-order valence-electron chi connectivity index (χ0n) is 13.3. The molecular weight excluding hydrogens is 340 g/mol. The van der Waals surface area contributed by atoms with Crippen LogP contribution in [0.5, 0.6) is 11.5 Å². The summed E-state index contributed by atoms with van der Waals surface area (Å²) in [5, 5.41) is 22.9. The Labute approximate surface area is 147 Å². The van der Waals surface area contributed by atoms with Gasteiger partial charge >= 0.3 is 0 Å². The first kappa shape index (κ1) is 16.9. The maximum absolute atomic E-state index is 12.4. The fraction of sp³-hybridized carbons (Fsp3) is 0.118. The summed E-state index contributed by atoms with van der Waals surface area (Å²) in [4.78, 5) is 26.9. The average molecular weight is 352 g/mol. The lowest BCUT2D eigenvalue weighted by Crippen LogP contribution is -2.18. The zero-order chi connectivity index (χ0) is 18.5. The summed E-state index contributed by atoms with van der Waals surface area (Å²) >= 11 is 0. The van der Waals surface area contributed by atoms with Crippen molar-refractivity contribution in [3.63, 3.8) is 0 Å². The van der Waals surface area contributed by atoms with Crippen LogP contribution in [0.15, 0.2) is 42.2 Å². The monoisotopic (exact) mass is 352 g/mol. The largest absolute Gasteiger partial charge is 0.486 e. The molecular formula is C17H12N4O5. The molecule has 9 heteroatoms. The van der Waals surface area contributed by atoms with Gasteiger partial charge in [0.2, 0.25) is 0 Å². The second kappa shape index (κ2) is 7.31. The molecule has 2 heterocycles. The smallest absolute Gasteiger partial charge is 0.296 e. The number of ether oxygens (including phenoxy) is 2. The highest BCUT2D eigenvalue weighted by Crippen LogP contribution is 2.39. The number of rotatable bonds is 4. The van der Waals surface area contributed by atoms with Gasteiger partial charge in [-0.3, -0.25) is 19.9 Å². The SMILES string of the molecule is N#C/C(=C\c1cccnc1)C(=O)Nc1cc2c(cc1[N+](=O)[O-])OCCO2. The van der Waals surface area contributed by atoms with Crippen LogP contribution in [0.1, 0.15) is 5.56 Å². The van der Waals surface area contributed by atoms with Crippen molar-refractivity contribution >= 4 is 23.4 Å². The number of fused-ring (bicyclic) bond motifs is 1. The third-order valence-electron chi connectivity index (χ3n) is 3.47. The highest BCUT2D eigenvalue weighted by atomic mass is 16.6. The van der Waals surface area contributed by atoms with Gasteiger partial charge in [-0.15, -0.1) is 0 Å². The molecule has 1 aromatic heterocycles. The number of aromatic nitrogens is 1. The molecule has 1 amide bonds. The predicted octanol–water partition coefficient (Wildman–Crippen LogP) is 2.31. The van der Waals surface area contributed by atoms with Gasteiger partial charge in [0.25, 0.3) is 11.6 Å². The molecule has 9 nitrogen and oxygen atoms in total. The van der Waals surface area contributed by atoms with Gasteiger partial charge in [0.15, 0.2) is 11.5 Å². The third-order valence-corrected chi connectivity index (χ3v) is 3.47. The summed E-state index contributed by atoms with van der Waals surface area (Å²) in [6.07, 6.45) is 4.38. The van der Waals surface area contributed by atoms with E-state index in [0.29, 0.717) is 12.2 Å². The first-order chi connectivity index (χ1) is 12.6. The van der Waals surface area contributed by atoms with Crippen molar-refractivity contribution in [2.75, 3.05) is 18.5 Å². The van der Waals surface area contributed by atoms with E-state index in [1.165, 1.54) is 24.4 Å². The molecule has 3 rings (SSSR count). The van der Waals surface area contributed by atoms with Crippen LogP contribution in [-0.4, -0.2) is 29.0 Å². The van der Waals surface area contributed by atoms with Crippen molar-refractivity contribution in [1.82, 2.24) is 4.98 Å². The quantitative estimate of drug-likeness (QED) is 0.387. The Kier molecular flexibility index (Phi) is 4.76. The molecule has 26 heavy (non-hydrogen) atoms. The van der Waals surface area contributed by atoms with Gasteiger partial charge in [0, 0.05) is 18.5 Å². The number of nitrogens with zero attached hydrogens (tertiary/aromatic N) is 3. The Hall–Kier alpha value is -3.93. The molecule has 1 aliphatic heterocycles. The average Bonchev–Trinajstić information content (AvgIpc) is 2.66. The lowest BCUT2D eigenvalue weighted by atomic mass is 10.1. The van der Waals surface area contributed by atoms with Crippen molar-refractivity contribution in [1.29, 1.82) is 5.26 Å². The highest BCUT2D eigenvalue weighted by molar-refractivity contribution is 6.10. The normalized spacial score (nSPS) is 12.8. The minimum absolute atomic E-state index is 0.0865. The number of hydrogen-bond acceptors (Lipinski definition) is 7. The Morgan fingerprint density at radius 1 is 1.35 bits per heavy atom. The molecule has 130 valence electrons. The summed E-state index contributed by atoms with van der Waals surface area (Å²) in [6, 6.07) is 7.60. The van der Waals surface area contributed by atoms with E-state index in [-0.39, 0.29) is 35.1 Å². The van der Waals surface area contributed by atoms with Crippen LogP contribution in [-0.2, 0) is 4.79 Å². The zero-order valence-corrected chi connectivity index (χ0v) is 13.3. The Bertz CT molecular complexity index is 934. The first-order valence-corrected chi connectivity index (χ1v) is 7.49. The van der Waals surface area contributed by atoms with Crippen LogP contribution in [0.2, 0.25) is 0 Å². The number of pyridine rings is 1. The van der Waals surface area contributed by atoms with Crippen molar-refractivity contribution in [2.24, 2.45) is 0 Å². The number of carbonyl (C=O) groups is 1. The van der Waals surface area contributed by atoms with Crippen molar-refractivity contribution < 1.29 is 19.2 Å². The Balaban J connectivity index is 1.92. The number of nitro groups is 1. The topological polar surface area (TPSA) is 127 Å². The number of hydrogen-bond donors (Lipinski definition) is 1. The van der Waals surface area contributed by atoms with E-state index >= 15 is 0 Å². The molecule has 1 N–H and O–H groups in total. The van der Waals surface area contributed by atoms with E-state index in [4.69, 9.17) is 9.47 Å². The number of amides is 1. The molecule has 1 aromatic carbocycles. The number of carbonyl (C=O) groups excluding carboxylic acids is 1. The Morgan fingerprint density at radius 2 is 2.08 bits per heavy atom. The second-order valence-corrected chi connectivity index (χ2v) is 5.18. The van der Waals surface area contributed by atoms with Crippen molar-refractivity contribution in [3.8, 4) is 17.6 Å². The van der Waals surface area contributed by atoms with Crippen LogP contribution >= 0.6 is 0 Å². The fourth-order valence-corrected chi connectivity index (χ4v) is 2.30. The summed E-state index contributed by atoms with van der Waals surface area (Å²) < 4.78 is 10.7. The van der Waals surface area contributed by atoms with Crippen molar-refractivity contribution in [3.05, 3.63) is 57.9 Å². The van der Waals surface area contributed by atoms with Gasteiger partial charge in [-0.05, 0) is 17.7 Å². The van der Waals surface area contributed by atoms with Crippen LogP contribution in [0.3, 0.4) is 0 Å². The first-order valence-electron chi connectivity index (χ1n) is 7.49. The summed E-state index contributed by atoms with van der Waals surface area (Å²) in [6.45, 7) is 0.574. The van der Waals surface area contributed by atoms with Crippen LogP contribution < -0.4 is 14.8 Å². The van der Waals surface area contributed by atoms with Crippen LogP contribution in [0, 0.1) is 21.4 Å². The number of anilines is 1. The van der Waals surface area contributed by atoms with Crippen molar-refractivity contribution in [2.45, 2.75) is 0 Å². The lowest BCUT2D eigenvalue weighted by Gasteiger charge is -2.19. The number of nitrogens with one attached hydrogen (secondary N) is 1. The minimum Gasteiger partial charge on any atom is -0.486 e. The second-order valence-electron chi connectivity index (χ2n) is 5.18. The van der Waals surface area contributed by atoms with E-state index in [0.717, 1.165) is 0 Å². The molecule has 0 bridgehead atoms. The van der Waals surface area contributed by atoms with Gasteiger partial charge < -0.3 is 14.8 Å². The van der Waals surface area contributed by atoms with Gasteiger partial charge in [-0.25, -0.2) is 0 Å². The van der Waals surface area contributed by atoms with E-state index in [2.05, 4.69) is 10.3 Å². The van der Waals surface area contributed by atoms with E-state index < -0.39 is 10.8 Å². The molecule has 2 aromatic rings. The van der Waals surface area contributed by atoms with Gasteiger partial charge in [0.1, 0.15) is 30.5 Å². The standard InChI is InChI=1S/C17H12N4O5/c18-9-12(6-11-2-1-3-19-10-11)17(22)20-13-7-15-16(26-5-4-25-15)8-14(13)21(23)24/h1-3,6-8,10H,4-5H2,(H,20,22)/b12-6+. The highest BCUT2D eigenvalue weighted by Gasteiger charge is 2.24. The predicted molar refractivity (Wildman–Crippen MR) is 90.5 cm³/mol. The molecule has 0 unspecified atom stereocenters. The Morgan fingerprint density at radius 3 is 2.69 bits per heavy atom. The molecule has 0 saturated carbocycles. The number of benzene rings is 1. The van der Waals surface area contributed by atoms with E-state index in [1.807, 2.05) is 0 Å². The lowest BCUT2D eigenvalue weighted by molar-refractivity contribution is -0.384. The molecule has 0 saturated heterocycles. The van der Waals surface area contributed by atoms with E-state index in [1.54, 1.807) is 24.4 Å². The number of nitriles is 1. The van der Waals surface area contributed by atoms with Gasteiger partial charge in [-0.1, -0.05) is 6.07 Å². The summed E-state index contributed by atoms with van der Waals surface area (Å²) in [5.74, 6) is -0.268. The fourth-order valence-electron chi connectivity index (χ4n) is 2.30. The number of nitro benzene ring substituents is 1. The molecule has 0 radical (unpaired) electrons. The molecule has 0 aliphatic carbocycles. The van der Waals surface area contributed by atoms with E-state index in [9.17, 15) is 20.2 Å². The van der Waals surface area contributed by atoms with Gasteiger partial charge in [-0.2, -0.15) is 5.26 Å². The maximum Gasteiger partial charge on any atom is 0.296 e. The third kappa shape index (κ3) is 3.59. The molecule has 0 spiro atoms. The minimum atomic E-state index is -0.781. The summed E-state index contributed by atoms with van der Waals surface area (Å²) in [5.41, 5.74) is -0.115. The van der Waals surface area contributed by atoms with Crippen LogP contribution in [0.25, 0.3) is 6.08 Å². The van der Waals surface area contributed by atoms with Crippen LogP contribution in [0.4, 0.5) is 11.4 Å². The molecule has 0 atom stereocenters. The molecule has 0 fully saturated rings.